The lowest BCUT2D eigenvalue weighted by molar-refractivity contribution is 0.176. The van der Waals surface area contributed by atoms with Crippen LogP contribution in [0.15, 0.2) is 24.3 Å². The zero-order chi connectivity index (χ0) is 13.8. The number of benzene rings is 1. The van der Waals surface area contributed by atoms with Crippen molar-refractivity contribution < 1.29 is 0 Å². The molecular formula is C18H28N2. The normalized spacial score (nSPS) is 26.6. The van der Waals surface area contributed by atoms with Crippen molar-refractivity contribution in [3.05, 3.63) is 35.4 Å². The molecule has 110 valence electrons. The molecule has 1 aromatic rings. The van der Waals surface area contributed by atoms with Crippen LogP contribution >= 0.6 is 0 Å². The molecule has 1 N–H and O–H groups in total. The van der Waals surface area contributed by atoms with Crippen LogP contribution in [0.1, 0.15) is 43.2 Å². The van der Waals surface area contributed by atoms with Crippen LogP contribution in [-0.4, -0.2) is 31.1 Å². The van der Waals surface area contributed by atoms with Gasteiger partial charge in [-0.05, 0) is 62.9 Å². The van der Waals surface area contributed by atoms with Gasteiger partial charge in [0.15, 0.2) is 0 Å². The molecule has 2 heteroatoms. The Labute approximate surface area is 123 Å². The van der Waals surface area contributed by atoms with E-state index in [0.29, 0.717) is 0 Å². The highest BCUT2D eigenvalue weighted by atomic mass is 15.2. The molecule has 1 saturated carbocycles. The summed E-state index contributed by atoms with van der Waals surface area (Å²) in [5, 5.41) is 3.21. The van der Waals surface area contributed by atoms with E-state index < -0.39 is 0 Å². The highest BCUT2D eigenvalue weighted by molar-refractivity contribution is 5.23. The van der Waals surface area contributed by atoms with E-state index in [4.69, 9.17) is 0 Å². The minimum absolute atomic E-state index is 0.882. The third-order valence-electron chi connectivity index (χ3n) is 5.20. The first-order valence-electron chi connectivity index (χ1n) is 8.33. The summed E-state index contributed by atoms with van der Waals surface area (Å²) in [6.45, 7) is 3.54. The number of nitrogens with zero attached hydrogens (tertiary/aromatic N) is 1. The van der Waals surface area contributed by atoms with E-state index in [2.05, 4.69) is 34.5 Å². The van der Waals surface area contributed by atoms with E-state index in [9.17, 15) is 0 Å². The Morgan fingerprint density at radius 1 is 1.05 bits per heavy atom. The molecule has 20 heavy (non-hydrogen) atoms. The summed E-state index contributed by atoms with van der Waals surface area (Å²) in [6, 6.07) is 10.2. The van der Waals surface area contributed by atoms with Crippen molar-refractivity contribution in [1.82, 2.24) is 10.2 Å². The topological polar surface area (TPSA) is 15.3 Å². The molecule has 1 aromatic carbocycles. The molecule has 2 atom stereocenters. The van der Waals surface area contributed by atoms with Crippen molar-refractivity contribution in [3.8, 4) is 0 Å². The molecule has 0 spiro atoms. The lowest BCUT2D eigenvalue weighted by atomic mass is 9.85. The van der Waals surface area contributed by atoms with Gasteiger partial charge in [0.2, 0.25) is 0 Å². The number of likely N-dealkylation sites (N-methyl/N-ethyl adjacent to an activating group) is 1. The minimum atomic E-state index is 0.882. The Morgan fingerprint density at radius 3 is 2.60 bits per heavy atom. The first-order valence-corrected chi connectivity index (χ1v) is 8.33. The second-order valence-corrected chi connectivity index (χ2v) is 6.54. The van der Waals surface area contributed by atoms with E-state index in [-0.39, 0.29) is 0 Å². The van der Waals surface area contributed by atoms with Gasteiger partial charge in [0.25, 0.3) is 0 Å². The van der Waals surface area contributed by atoms with Gasteiger partial charge in [-0.3, -0.25) is 4.90 Å². The number of fused-ring (bicyclic) bond motifs is 1. The van der Waals surface area contributed by atoms with E-state index in [1.165, 1.54) is 49.8 Å². The molecule has 0 amide bonds. The number of hydrogen-bond donors (Lipinski definition) is 1. The number of rotatable bonds is 5. The van der Waals surface area contributed by atoms with Gasteiger partial charge in [0.05, 0.1) is 0 Å². The van der Waals surface area contributed by atoms with Gasteiger partial charge in [-0.2, -0.15) is 0 Å². The summed E-state index contributed by atoms with van der Waals surface area (Å²) in [6.07, 6.45) is 8.39. The average Bonchev–Trinajstić information content (AvgIpc) is 2.90. The quantitative estimate of drug-likeness (QED) is 0.885. The SMILES string of the molecule is CNCCc1ccc(CN2CCC3CCCCC32)cc1. The fourth-order valence-corrected chi connectivity index (χ4v) is 4.01. The third kappa shape index (κ3) is 3.24. The molecule has 2 nitrogen and oxygen atoms in total. The first-order chi connectivity index (χ1) is 9.86. The fourth-order valence-electron chi connectivity index (χ4n) is 4.01. The maximum atomic E-state index is 3.21. The van der Waals surface area contributed by atoms with Crippen molar-refractivity contribution in [2.75, 3.05) is 20.1 Å². The lowest BCUT2D eigenvalue weighted by Crippen LogP contribution is -2.34. The monoisotopic (exact) mass is 272 g/mol. The lowest BCUT2D eigenvalue weighted by Gasteiger charge is -2.31. The first kappa shape index (κ1) is 14.1. The molecule has 0 aromatic heterocycles. The number of hydrogen-bond acceptors (Lipinski definition) is 2. The smallest absolute Gasteiger partial charge is 0.0236 e. The van der Waals surface area contributed by atoms with Crippen LogP contribution in [0.3, 0.4) is 0 Å². The van der Waals surface area contributed by atoms with Crippen LogP contribution in [0, 0.1) is 5.92 Å². The van der Waals surface area contributed by atoms with E-state index >= 15 is 0 Å². The Bertz CT molecular complexity index is 412. The van der Waals surface area contributed by atoms with Gasteiger partial charge < -0.3 is 5.32 Å². The van der Waals surface area contributed by atoms with Crippen molar-refractivity contribution in [2.45, 2.75) is 51.1 Å². The molecule has 1 saturated heterocycles. The molecule has 1 heterocycles. The van der Waals surface area contributed by atoms with Gasteiger partial charge in [0.1, 0.15) is 0 Å². The molecule has 2 aliphatic rings. The second kappa shape index (κ2) is 6.73. The van der Waals surface area contributed by atoms with Gasteiger partial charge in [0, 0.05) is 12.6 Å². The summed E-state index contributed by atoms with van der Waals surface area (Å²) in [5.41, 5.74) is 2.93. The number of likely N-dealkylation sites (tertiary alicyclic amines) is 1. The predicted octanol–water partition coefficient (Wildman–Crippen LogP) is 3.21. The van der Waals surface area contributed by atoms with Gasteiger partial charge in [-0.1, -0.05) is 37.1 Å². The second-order valence-electron chi connectivity index (χ2n) is 6.54. The van der Waals surface area contributed by atoms with Crippen LogP contribution < -0.4 is 5.32 Å². The van der Waals surface area contributed by atoms with Crippen molar-refractivity contribution in [1.29, 1.82) is 0 Å². The zero-order valence-corrected chi connectivity index (χ0v) is 12.8. The average molecular weight is 272 g/mol. The Balaban J connectivity index is 1.57. The molecular weight excluding hydrogens is 244 g/mol. The minimum Gasteiger partial charge on any atom is -0.319 e. The van der Waals surface area contributed by atoms with Crippen LogP contribution in [0.25, 0.3) is 0 Å². The van der Waals surface area contributed by atoms with Crippen LogP contribution in [-0.2, 0) is 13.0 Å². The Kier molecular flexibility index (Phi) is 4.74. The van der Waals surface area contributed by atoms with Gasteiger partial charge in [-0.25, -0.2) is 0 Å². The maximum absolute atomic E-state index is 3.21. The standard InChI is InChI=1S/C18H28N2/c1-19-12-10-15-6-8-16(9-7-15)14-20-13-11-17-4-2-3-5-18(17)20/h6-9,17-19H,2-5,10-14H2,1H3. The van der Waals surface area contributed by atoms with Gasteiger partial charge >= 0.3 is 0 Å². The Morgan fingerprint density at radius 2 is 1.80 bits per heavy atom. The van der Waals surface area contributed by atoms with Crippen LogP contribution in [0.5, 0.6) is 0 Å². The largest absolute Gasteiger partial charge is 0.319 e. The molecule has 0 radical (unpaired) electrons. The molecule has 2 fully saturated rings. The van der Waals surface area contributed by atoms with Crippen molar-refractivity contribution >= 4 is 0 Å². The number of nitrogens with one attached hydrogen (secondary N) is 1. The summed E-state index contributed by atoms with van der Waals surface area (Å²) in [4.78, 5) is 2.74. The van der Waals surface area contributed by atoms with Crippen molar-refractivity contribution in [3.63, 3.8) is 0 Å². The summed E-state index contributed by atoms with van der Waals surface area (Å²) >= 11 is 0. The van der Waals surface area contributed by atoms with Crippen LogP contribution in [0.4, 0.5) is 0 Å². The summed E-state index contributed by atoms with van der Waals surface area (Å²) in [5.74, 6) is 0.999. The molecule has 3 rings (SSSR count). The van der Waals surface area contributed by atoms with Crippen LogP contribution in [0.2, 0.25) is 0 Å². The molecule has 0 bridgehead atoms. The summed E-state index contributed by atoms with van der Waals surface area (Å²) in [7, 11) is 2.02. The van der Waals surface area contributed by atoms with E-state index in [1.54, 1.807) is 0 Å². The van der Waals surface area contributed by atoms with Crippen molar-refractivity contribution in [2.24, 2.45) is 5.92 Å². The maximum Gasteiger partial charge on any atom is 0.0236 e. The molecule has 1 aliphatic heterocycles. The van der Waals surface area contributed by atoms with E-state index in [1.807, 2.05) is 7.05 Å². The zero-order valence-electron chi connectivity index (χ0n) is 12.8. The highest BCUT2D eigenvalue weighted by Crippen LogP contribution is 2.36. The predicted molar refractivity (Wildman–Crippen MR) is 84.8 cm³/mol. The fraction of sp³-hybridized carbons (Fsp3) is 0.667. The highest BCUT2D eigenvalue weighted by Gasteiger charge is 2.35. The molecule has 2 unspecified atom stereocenters. The molecule has 1 aliphatic carbocycles. The Hall–Kier alpha value is -0.860. The summed E-state index contributed by atoms with van der Waals surface area (Å²) < 4.78 is 0. The van der Waals surface area contributed by atoms with Gasteiger partial charge in [-0.15, -0.1) is 0 Å². The van der Waals surface area contributed by atoms with E-state index in [0.717, 1.165) is 31.5 Å². The third-order valence-corrected chi connectivity index (χ3v) is 5.20.